The number of ether oxygens (including phenoxy) is 1. The van der Waals surface area contributed by atoms with Gasteiger partial charge >= 0.3 is 7.60 Å². The zero-order valence-electron chi connectivity index (χ0n) is 18.2. The van der Waals surface area contributed by atoms with Crippen molar-refractivity contribution in [3.63, 3.8) is 0 Å². The molecule has 0 aliphatic rings. The third kappa shape index (κ3) is 8.60. The second-order valence-electron chi connectivity index (χ2n) is 7.77. The summed E-state index contributed by atoms with van der Waals surface area (Å²) in [4.78, 5) is 22.1. The van der Waals surface area contributed by atoms with Crippen molar-refractivity contribution in [3.8, 4) is 17.0 Å². The lowest BCUT2D eigenvalue weighted by molar-refractivity contribution is 0.306. The van der Waals surface area contributed by atoms with Gasteiger partial charge in [-0.15, -0.1) is 0 Å². The van der Waals surface area contributed by atoms with Crippen LogP contribution in [0.5, 0.6) is 5.75 Å². The van der Waals surface area contributed by atoms with Crippen LogP contribution >= 0.6 is 7.60 Å². The highest BCUT2D eigenvalue weighted by Gasteiger charge is 2.12. The van der Waals surface area contributed by atoms with Crippen LogP contribution in [0.2, 0.25) is 0 Å². The minimum atomic E-state index is -3.93. The molecule has 0 radical (unpaired) electrons. The Hall–Kier alpha value is -2.44. The van der Waals surface area contributed by atoms with Crippen molar-refractivity contribution in [1.29, 1.82) is 0 Å². The van der Waals surface area contributed by atoms with E-state index in [0.29, 0.717) is 31.8 Å². The summed E-state index contributed by atoms with van der Waals surface area (Å²) in [6.07, 6.45) is 7.61. The van der Waals surface area contributed by atoms with Gasteiger partial charge in [0.1, 0.15) is 17.7 Å². The molecule has 0 bridgehead atoms. The molecule has 0 amide bonds. The van der Waals surface area contributed by atoms with Crippen molar-refractivity contribution >= 4 is 7.60 Å². The lowest BCUT2D eigenvalue weighted by Crippen LogP contribution is -2.16. The number of oxazole rings is 1. The topological polar surface area (TPSA) is 105 Å². The summed E-state index contributed by atoms with van der Waals surface area (Å²) >= 11 is 0. The van der Waals surface area contributed by atoms with Crippen LogP contribution in [0, 0.1) is 0 Å². The van der Waals surface area contributed by atoms with E-state index < -0.39 is 7.60 Å². The Morgan fingerprint density at radius 3 is 2.59 bits per heavy atom. The van der Waals surface area contributed by atoms with Crippen molar-refractivity contribution < 1.29 is 23.5 Å². The first kappa shape index (κ1) is 24.2. The van der Waals surface area contributed by atoms with Crippen LogP contribution in [0.25, 0.3) is 11.3 Å². The number of hydrogen-bond acceptors (Lipinski definition) is 5. The van der Waals surface area contributed by atoms with Gasteiger partial charge in [0.15, 0.2) is 6.39 Å². The zero-order valence-corrected chi connectivity index (χ0v) is 19.0. The fourth-order valence-corrected chi connectivity index (χ4v) is 4.01. The second-order valence-corrected chi connectivity index (χ2v) is 9.54. The van der Waals surface area contributed by atoms with Gasteiger partial charge in [0.25, 0.3) is 0 Å². The number of rotatable bonds is 14. The van der Waals surface area contributed by atoms with Gasteiger partial charge in [-0.2, -0.15) is 0 Å². The van der Waals surface area contributed by atoms with Gasteiger partial charge in [0.05, 0.1) is 12.8 Å². The minimum Gasteiger partial charge on any atom is -0.493 e. The van der Waals surface area contributed by atoms with Gasteiger partial charge in [0, 0.05) is 12.1 Å². The maximum atomic E-state index is 10.9. The molecule has 0 unspecified atom stereocenters. The van der Waals surface area contributed by atoms with Crippen LogP contribution in [0.1, 0.15) is 36.8 Å². The molecule has 3 rings (SSSR count). The van der Waals surface area contributed by atoms with E-state index in [0.717, 1.165) is 42.6 Å². The molecule has 32 heavy (non-hydrogen) atoms. The SMILES string of the molecule is O=P(O)(O)CCCNCc1ccc(OCCCCCc2ccccc2)c(-c2cocn2)c1. The van der Waals surface area contributed by atoms with Gasteiger partial charge in [-0.05, 0) is 61.9 Å². The van der Waals surface area contributed by atoms with Crippen LogP contribution < -0.4 is 10.1 Å². The number of hydrogen-bond donors (Lipinski definition) is 3. The highest BCUT2D eigenvalue weighted by Crippen LogP contribution is 2.34. The number of nitrogens with one attached hydrogen (secondary N) is 1. The fraction of sp³-hybridized carbons (Fsp3) is 0.375. The summed E-state index contributed by atoms with van der Waals surface area (Å²) in [6, 6.07) is 16.5. The normalized spacial score (nSPS) is 11.6. The summed E-state index contributed by atoms with van der Waals surface area (Å²) in [5.74, 6) is 0.771. The first-order valence-electron chi connectivity index (χ1n) is 10.9. The number of benzene rings is 2. The molecule has 3 aromatic rings. The van der Waals surface area contributed by atoms with E-state index in [1.807, 2.05) is 24.3 Å². The first-order chi connectivity index (χ1) is 15.5. The molecule has 8 heteroatoms. The van der Waals surface area contributed by atoms with Gasteiger partial charge < -0.3 is 24.3 Å². The van der Waals surface area contributed by atoms with Crippen molar-refractivity contribution in [3.05, 3.63) is 72.3 Å². The lowest BCUT2D eigenvalue weighted by atomic mass is 10.1. The van der Waals surface area contributed by atoms with E-state index in [-0.39, 0.29) is 6.16 Å². The molecule has 0 aliphatic heterocycles. The van der Waals surface area contributed by atoms with Gasteiger partial charge in [-0.1, -0.05) is 36.4 Å². The third-order valence-electron chi connectivity index (χ3n) is 5.09. The molecule has 0 aliphatic carbocycles. The summed E-state index contributed by atoms with van der Waals surface area (Å²) in [6.45, 7) is 1.76. The fourth-order valence-electron chi connectivity index (χ4n) is 3.44. The van der Waals surface area contributed by atoms with Crippen LogP contribution in [-0.2, 0) is 17.5 Å². The number of aryl methyl sites for hydroxylation is 1. The van der Waals surface area contributed by atoms with E-state index in [1.165, 1.54) is 12.0 Å². The van der Waals surface area contributed by atoms with Crippen LogP contribution in [-0.4, -0.2) is 34.1 Å². The van der Waals surface area contributed by atoms with Crippen LogP contribution in [0.4, 0.5) is 0 Å². The average molecular weight is 458 g/mol. The number of nitrogens with zero attached hydrogens (tertiary/aromatic N) is 1. The van der Waals surface area contributed by atoms with Gasteiger partial charge in [-0.25, -0.2) is 4.98 Å². The highest BCUT2D eigenvalue weighted by atomic mass is 31.2. The molecule has 1 aromatic heterocycles. The Morgan fingerprint density at radius 2 is 1.84 bits per heavy atom. The van der Waals surface area contributed by atoms with E-state index in [4.69, 9.17) is 18.9 Å². The molecule has 0 saturated heterocycles. The Balaban J connectivity index is 1.47. The predicted molar refractivity (Wildman–Crippen MR) is 125 cm³/mol. The summed E-state index contributed by atoms with van der Waals surface area (Å²) in [7, 11) is -3.93. The summed E-state index contributed by atoms with van der Waals surface area (Å²) in [5, 5.41) is 3.22. The Labute approximate surface area is 189 Å². The molecule has 1 heterocycles. The standard InChI is InChI=1S/C24H31N2O5P/c27-32(28,29)15-7-13-25-17-21-11-12-24(22(16-21)23-18-30-19-26-23)31-14-6-2-5-10-20-8-3-1-4-9-20/h1,3-4,8-9,11-12,16,18-19,25H,2,5-7,10,13-15,17H2,(H2,27,28,29). The van der Waals surface area contributed by atoms with Crippen molar-refractivity contribution in [2.75, 3.05) is 19.3 Å². The average Bonchev–Trinajstić information content (AvgIpc) is 3.31. The molecule has 172 valence electrons. The molecular weight excluding hydrogens is 427 g/mol. The molecule has 2 aromatic carbocycles. The molecule has 0 spiro atoms. The van der Waals surface area contributed by atoms with Crippen molar-refractivity contribution in [1.82, 2.24) is 10.3 Å². The Kier molecular flexibility index (Phi) is 9.50. The number of aromatic nitrogens is 1. The monoisotopic (exact) mass is 458 g/mol. The Bertz CT molecular complexity index is 973. The van der Waals surface area contributed by atoms with Gasteiger partial charge in [-0.3, -0.25) is 4.57 Å². The minimum absolute atomic E-state index is 0.109. The molecule has 0 atom stereocenters. The molecule has 0 fully saturated rings. The molecular formula is C24H31N2O5P. The molecule has 3 N–H and O–H groups in total. The highest BCUT2D eigenvalue weighted by molar-refractivity contribution is 7.51. The van der Waals surface area contributed by atoms with Crippen LogP contribution in [0.15, 0.2) is 65.6 Å². The summed E-state index contributed by atoms with van der Waals surface area (Å²) < 4.78 is 22.1. The maximum absolute atomic E-state index is 10.9. The maximum Gasteiger partial charge on any atom is 0.325 e. The largest absolute Gasteiger partial charge is 0.493 e. The van der Waals surface area contributed by atoms with E-state index in [1.54, 1.807) is 6.26 Å². The van der Waals surface area contributed by atoms with E-state index in [2.05, 4.69) is 34.6 Å². The van der Waals surface area contributed by atoms with Crippen LogP contribution in [0.3, 0.4) is 0 Å². The van der Waals surface area contributed by atoms with Gasteiger partial charge in [0.2, 0.25) is 0 Å². The predicted octanol–water partition coefficient (Wildman–Crippen LogP) is 4.79. The van der Waals surface area contributed by atoms with E-state index in [9.17, 15) is 4.57 Å². The Morgan fingerprint density at radius 1 is 1.00 bits per heavy atom. The second kappa shape index (κ2) is 12.6. The smallest absolute Gasteiger partial charge is 0.325 e. The quantitative estimate of drug-likeness (QED) is 0.236. The first-order valence-corrected chi connectivity index (χ1v) is 12.7. The van der Waals surface area contributed by atoms with Crippen molar-refractivity contribution in [2.45, 2.75) is 38.6 Å². The zero-order chi connectivity index (χ0) is 22.7. The molecule has 0 saturated carbocycles. The lowest BCUT2D eigenvalue weighted by Gasteiger charge is -2.13. The van der Waals surface area contributed by atoms with Crippen molar-refractivity contribution in [2.24, 2.45) is 0 Å². The van der Waals surface area contributed by atoms with E-state index >= 15 is 0 Å². The molecule has 7 nitrogen and oxygen atoms in total. The summed E-state index contributed by atoms with van der Waals surface area (Å²) in [5.41, 5.74) is 3.99. The number of unbranched alkanes of at least 4 members (excludes halogenated alkanes) is 2. The third-order valence-corrected chi connectivity index (χ3v) is 5.99.